The third kappa shape index (κ3) is 4.11. The summed E-state index contributed by atoms with van der Waals surface area (Å²) in [6.45, 7) is 10.9. The molecule has 0 saturated heterocycles. The van der Waals surface area contributed by atoms with E-state index in [0.717, 1.165) is 56.5 Å². The highest BCUT2D eigenvalue weighted by Crippen LogP contribution is 2.62. The van der Waals surface area contributed by atoms with E-state index in [1.165, 1.54) is 44.9 Å². The molecule has 8 fully saturated rings. The molecule has 0 aromatic carbocycles. The van der Waals surface area contributed by atoms with Crippen molar-refractivity contribution in [3.05, 3.63) is 12.2 Å². The van der Waals surface area contributed by atoms with Crippen LogP contribution in [-0.4, -0.2) is 30.1 Å². The molecule has 3 atom stereocenters. The highest BCUT2D eigenvalue weighted by molar-refractivity contribution is 5.87. The Labute approximate surface area is 200 Å². The molecule has 0 aliphatic heterocycles. The molecule has 8 bridgehead atoms. The second-order valence-electron chi connectivity index (χ2n) is 14.0. The molecule has 0 N–H and O–H groups in total. The van der Waals surface area contributed by atoms with Crippen molar-refractivity contribution >= 4 is 5.97 Å². The second-order valence-corrected chi connectivity index (χ2v) is 14.0. The third-order valence-corrected chi connectivity index (χ3v) is 10.2. The minimum absolute atomic E-state index is 0.164. The van der Waals surface area contributed by atoms with Gasteiger partial charge in [0.05, 0.1) is 12.2 Å². The topological polar surface area (TPSA) is 44.8 Å². The SMILES string of the molecule is C=C(C)C(=O)OC12CC3CC(C1)CC(OC(OCC14CC5CC(CC(C5)C1)C4)C(C)C)(C3)C2. The molecule has 8 saturated carbocycles. The van der Waals surface area contributed by atoms with E-state index in [9.17, 15) is 4.79 Å². The van der Waals surface area contributed by atoms with Gasteiger partial charge in [0, 0.05) is 17.9 Å². The first kappa shape index (κ1) is 22.6. The van der Waals surface area contributed by atoms with E-state index in [4.69, 9.17) is 14.2 Å². The summed E-state index contributed by atoms with van der Waals surface area (Å²) < 4.78 is 19.9. The predicted octanol–water partition coefficient (Wildman–Crippen LogP) is 6.43. The van der Waals surface area contributed by atoms with Crippen LogP contribution in [-0.2, 0) is 19.0 Å². The molecule has 184 valence electrons. The average Bonchev–Trinajstić information content (AvgIpc) is 2.68. The number of carbonyl (C=O) groups excluding carboxylic acids is 1. The van der Waals surface area contributed by atoms with Gasteiger partial charge in [-0.3, -0.25) is 0 Å². The van der Waals surface area contributed by atoms with Crippen LogP contribution in [0.5, 0.6) is 0 Å². The normalized spacial score (nSPS) is 47.8. The first-order valence-corrected chi connectivity index (χ1v) is 13.8. The molecule has 0 spiro atoms. The van der Waals surface area contributed by atoms with E-state index in [0.29, 0.717) is 28.7 Å². The molecule has 8 aliphatic carbocycles. The molecule has 0 radical (unpaired) electrons. The van der Waals surface area contributed by atoms with Crippen molar-refractivity contribution in [1.82, 2.24) is 0 Å². The lowest BCUT2D eigenvalue weighted by molar-refractivity contribution is -0.299. The van der Waals surface area contributed by atoms with Gasteiger partial charge in [-0.15, -0.1) is 0 Å². The van der Waals surface area contributed by atoms with E-state index in [-0.39, 0.29) is 23.5 Å². The van der Waals surface area contributed by atoms with E-state index in [2.05, 4.69) is 20.4 Å². The molecule has 33 heavy (non-hydrogen) atoms. The molecular formula is C29H44O4. The summed E-state index contributed by atoms with van der Waals surface area (Å²) in [6.07, 6.45) is 14.6. The highest BCUT2D eigenvalue weighted by atomic mass is 16.7. The van der Waals surface area contributed by atoms with Crippen LogP contribution in [0.3, 0.4) is 0 Å². The first-order chi connectivity index (χ1) is 15.6. The molecule has 8 rings (SSSR count). The van der Waals surface area contributed by atoms with E-state index in [1.807, 2.05) is 0 Å². The van der Waals surface area contributed by atoms with Crippen molar-refractivity contribution < 1.29 is 19.0 Å². The van der Waals surface area contributed by atoms with Crippen molar-refractivity contribution in [3.8, 4) is 0 Å². The largest absolute Gasteiger partial charge is 0.456 e. The summed E-state index contributed by atoms with van der Waals surface area (Å²) in [5.74, 6) is 4.13. The lowest BCUT2D eigenvalue weighted by Gasteiger charge is -2.61. The predicted molar refractivity (Wildman–Crippen MR) is 127 cm³/mol. The van der Waals surface area contributed by atoms with Crippen LogP contribution in [0.1, 0.15) is 97.8 Å². The zero-order valence-corrected chi connectivity index (χ0v) is 21.1. The molecular weight excluding hydrogens is 412 g/mol. The number of rotatable bonds is 8. The summed E-state index contributed by atoms with van der Waals surface area (Å²) in [7, 11) is 0. The van der Waals surface area contributed by atoms with Gasteiger partial charge in [0.25, 0.3) is 0 Å². The van der Waals surface area contributed by atoms with Crippen molar-refractivity contribution in [2.75, 3.05) is 6.61 Å². The molecule has 0 aromatic rings. The Morgan fingerprint density at radius 3 is 1.88 bits per heavy atom. The third-order valence-electron chi connectivity index (χ3n) is 10.2. The summed E-state index contributed by atoms with van der Waals surface area (Å²) in [5.41, 5.74) is 0.349. The summed E-state index contributed by atoms with van der Waals surface area (Å²) in [5, 5.41) is 0. The quantitative estimate of drug-likeness (QED) is 0.240. The van der Waals surface area contributed by atoms with Crippen LogP contribution < -0.4 is 0 Å². The van der Waals surface area contributed by atoms with Crippen molar-refractivity contribution in [2.45, 2.75) is 115 Å². The Hall–Kier alpha value is -0.870. The van der Waals surface area contributed by atoms with Gasteiger partial charge in [-0.2, -0.15) is 0 Å². The maximum Gasteiger partial charge on any atom is 0.333 e. The Morgan fingerprint density at radius 2 is 1.36 bits per heavy atom. The smallest absolute Gasteiger partial charge is 0.333 e. The van der Waals surface area contributed by atoms with E-state index in [1.54, 1.807) is 6.92 Å². The highest BCUT2D eigenvalue weighted by Gasteiger charge is 2.61. The van der Waals surface area contributed by atoms with Crippen molar-refractivity contribution in [2.24, 2.45) is 40.9 Å². The molecule has 4 nitrogen and oxygen atoms in total. The number of ether oxygens (including phenoxy) is 3. The minimum Gasteiger partial charge on any atom is -0.456 e. The van der Waals surface area contributed by atoms with Gasteiger partial charge in [0.2, 0.25) is 0 Å². The van der Waals surface area contributed by atoms with Gasteiger partial charge in [-0.1, -0.05) is 20.4 Å². The Kier molecular flexibility index (Phi) is 5.35. The monoisotopic (exact) mass is 456 g/mol. The number of hydrogen-bond donors (Lipinski definition) is 0. The van der Waals surface area contributed by atoms with Crippen LogP contribution in [0.15, 0.2) is 12.2 Å². The minimum atomic E-state index is -0.360. The second kappa shape index (κ2) is 7.82. The van der Waals surface area contributed by atoms with Crippen LogP contribution >= 0.6 is 0 Å². The number of carbonyl (C=O) groups is 1. The summed E-state index contributed by atoms with van der Waals surface area (Å²) in [6, 6.07) is 0. The van der Waals surface area contributed by atoms with Gasteiger partial charge < -0.3 is 14.2 Å². The molecule has 0 aromatic heterocycles. The maximum atomic E-state index is 12.5. The van der Waals surface area contributed by atoms with Crippen LogP contribution in [0.2, 0.25) is 0 Å². The zero-order valence-electron chi connectivity index (χ0n) is 21.1. The summed E-state index contributed by atoms with van der Waals surface area (Å²) in [4.78, 5) is 12.5. The molecule has 8 aliphatic rings. The first-order valence-electron chi connectivity index (χ1n) is 13.8. The molecule has 3 unspecified atom stereocenters. The van der Waals surface area contributed by atoms with Gasteiger partial charge in [0.15, 0.2) is 6.29 Å². The van der Waals surface area contributed by atoms with Crippen LogP contribution in [0.25, 0.3) is 0 Å². The van der Waals surface area contributed by atoms with Crippen LogP contribution in [0.4, 0.5) is 0 Å². The molecule has 0 amide bonds. The fourth-order valence-electron chi connectivity index (χ4n) is 9.97. The van der Waals surface area contributed by atoms with Gasteiger partial charge in [-0.05, 0) is 113 Å². The number of hydrogen-bond acceptors (Lipinski definition) is 4. The Balaban J connectivity index is 1.16. The van der Waals surface area contributed by atoms with Gasteiger partial charge in [-0.25, -0.2) is 4.79 Å². The van der Waals surface area contributed by atoms with E-state index < -0.39 is 0 Å². The Bertz CT molecular complexity index is 763. The number of esters is 1. The van der Waals surface area contributed by atoms with E-state index >= 15 is 0 Å². The molecule has 0 heterocycles. The lowest BCUT2D eigenvalue weighted by Crippen LogP contribution is -2.62. The fraction of sp³-hybridized carbons (Fsp3) is 0.897. The van der Waals surface area contributed by atoms with Gasteiger partial charge >= 0.3 is 5.97 Å². The maximum absolute atomic E-state index is 12.5. The van der Waals surface area contributed by atoms with Gasteiger partial charge in [0.1, 0.15) is 5.60 Å². The van der Waals surface area contributed by atoms with Crippen LogP contribution in [0, 0.1) is 40.9 Å². The lowest BCUT2D eigenvalue weighted by atomic mass is 9.50. The zero-order chi connectivity index (χ0) is 23.0. The fourth-order valence-corrected chi connectivity index (χ4v) is 9.97. The average molecular weight is 457 g/mol. The standard InChI is InChI=1S/C29H44O4/c1-18(2)25(30)32-28-12-23-8-24(13-28)15-29(14-23,16-28)33-26(19(3)4)31-17-27-9-20-5-21(10-27)7-22(6-20)11-27/h19-24,26H,1,5-17H2,2-4H3. The van der Waals surface area contributed by atoms with Crippen molar-refractivity contribution in [1.29, 1.82) is 0 Å². The Morgan fingerprint density at radius 1 is 0.848 bits per heavy atom. The van der Waals surface area contributed by atoms with Crippen molar-refractivity contribution in [3.63, 3.8) is 0 Å². The molecule has 4 heteroatoms. The summed E-state index contributed by atoms with van der Waals surface area (Å²) >= 11 is 0.